The fourth-order valence-electron chi connectivity index (χ4n) is 5.39. The summed E-state index contributed by atoms with van der Waals surface area (Å²) >= 11 is 0. The lowest BCUT2D eigenvalue weighted by Gasteiger charge is -2.44. The third kappa shape index (κ3) is 10.2. The second-order valence-electron chi connectivity index (χ2n) is 10.8. The van der Waals surface area contributed by atoms with Gasteiger partial charge in [-0.3, -0.25) is 14.9 Å². The number of aliphatic carboxylic acids is 1. The van der Waals surface area contributed by atoms with E-state index in [1.54, 1.807) is 11.8 Å². The van der Waals surface area contributed by atoms with Crippen molar-refractivity contribution < 1.29 is 24.2 Å². The standard InChI is InChI=1S/C30H50N4O5/c1-5-33-20-12-15-24(21-33)34(26(29(36)37)16-10-11-19-31)28(35)27(22(3)4)32-25(30(38)39-6-2)18-17-23-13-8-7-9-14-23/h7-9,13-14,22,24-27,32H,5-6,10-12,15-21,31H2,1-4H3,(H,36,37). The van der Waals surface area contributed by atoms with E-state index in [0.29, 0.717) is 45.2 Å². The fraction of sp³-hybridized carbons (Fsp3) is 0.700. The fourth-order valence-corrected chi connectivity index (χ4v) is 5.39. The van der Waals surface area contributed by atoms with E-state index in [9.17, 15) is 19.5 Å². The first-order valence-corrected chi connectivity index (χ1v) is 14.7. The Balaban J connectivity index is 2.37. The van der Waals surface area contributed by atoms with Crippen molar-refractivity contribution in [2.24, 2.45) is 11.7 Å². The van der Waals surface area contributed by atoms with Gasteiger partial charge in [0.2, 0.25) is 5.91 Å². The van der Waals surface area contributed by atoms with Crippen molar-refractivity contribution in [3.63, 3.8) is 0 Å². The van der Waals surface area contributed by atoms with Crippen LogP contribution in [-0.4, -0.2) is 89.7 Å². The molecule has 1 aliphatic rings. The maximum absolute atomic E-state index is 14.4. The Kier molecular flexibility index (Phi) is 14.5. The maximum atomic E-state index is 14.4. The number of unbranched alkanes of at least 4 members (excludes halogenated alkanes) is 1. The minimum atomic E-state index is -0.998. The Morgan fingerprint density at radius 1 is 1.15 bits per heavy atom. The Labute approximate surface area is 234 Å². The monoisotopic (exact) mass is 546 g/mol. The van der Waals surface area contributed by atoms with Gasteiger partial charge in [0.05, 0.1) is 12.6 Å². The summed E-state index contributed by atoms with van der Waals surface area (Å²) in [6, 6.07) is 7.31. The SMILES string of the molecule is CCOC(=O)C(CCc1ccccc1)NC(C(=O)N(C1CCCN(CC)C1)C(CCCCN)C(=O)O)C(C)C. The second kappa shape index (κ2) is 17.3. The van der Waals surface area contributed by atoms with Crippen molar-refractivity contribution in [1.82, 2.24) is 15.1 Å². The van der Waals surface area contributed by atoms with E-state index in [4.69, 9.17) is 10.5 Å². The van der Waals surface area contributed by atoms with Gasteiger partial charge in [-0.25, -0.2) is 4.79 Å². The molecule has 0 aliphatic carbocycles. The number of esters is 1. The van der Waals surface area contributed by atoms with E-state index in [-0.39, 0.29) is 24.5 Å². The van der Waals surface area contributed by atoms with Crippen molar-refractivity contribution in [2.75, 3.05) is 32.8 Å². The zero-order valence-electron chi connectivity index (χ0n) is 24.3. The van der Waals surface area contributed by atoms with Crippen molar-refractivity contribution in [2.45, 2.75) is 96.8 Å². The molecule has 0 bridgehead atoms. The van der Waals surface area contributed by atoms with Crippen molar-refractivity contribution in [1.29, 1.82) is 0 Å². The van der Waals surface area contributed by atoms with Gasteiger partial charge in [0, 0.05) is 12.6 Å². The van der Waals surface area contributed by atoms with Gasteiger partial charge in [-0.1, -0.05) is 51.1 Å². The third-order valence-corrected chi connectivity index (χ3v) is 7.58. The van der Waals surface area contributed by atoms with Gasteiger partial charge in [0.25, 0.3) is 0 Å². The number of rotatable bonds is 17. The van der Waals surface area contributed by atoms with Gasteiger partial charge in [0.1, 0.15) is 12.1 Å². The average molecular weight is 547 g/mol. The lowest BCUT2D eigenvalue weighted by Crippen LogP contribution is -2.62. The number of carboxylic acid groups (broad SMARTS) is 1. The van der Waals surface area contributed by atoms with E-state index in [0.717, 1.165) is 31.5 Å². The third-order valence-electron chi connectivity index (χ3n) is 7.58. The molecule has 4 N–H and O–H groups in total. The van der Waals surface area contributed by atoms with Crippen LogP contribution < -0.4 is 11.1 Å². The van der Waals surface area contributed by atoms with Crippen LogP contribution >= 0.6 is 0 Å². The number of carbonyl (C=O) groups excluding carboxylic acids is 2. The summed E-state index contributed by atoms with van der Waals surface area (Å²) in [6.07, 6.45) is 4.44. The molecule has 39 heavy (non-hydrogen) atoms. The number of piperidine rings is 1. The van der Waals surface area contributed by atoms with Crippen LogP contribution in [0.4, 0.5) is 0 Å². The Bertz CT molecular complexity index is 881. The number of ether oxygens (including phenoxy) is 1. The molecule has 1 aromatic rings. The number of likely N-dealkylation sites (tertiary alicyclic amines) is 1. The number of hydrogen-bond donors (Lipinski definition) is 3. The molecule has 2 rings (SSSR count). The quantitative estimate of drug-likeness (QED) is 0.201. The highest BCUT2D eigenvalue weighted by atomic mass is 16.5. The summed E-state index contributed by atoms with van der Waals surface area (Å²) in [5.74, 6) is -1.83. The first kappa shape index (κ1) is 32.7. The van der Waals surface area contributed by atoms with E-state index >= 15 is 0 Å². The minimum Gasteiger partial charge on any atom is -0.480 e. The Morgan fingerprint density at radius 3 is 2.46 bits per heavy atom. The topological polar surface area (TPSA) is 125 Å². The van der Waals surface area contributed by atoms with Crippen LogP contribution in [0.2, 0.25) is 0 Å². The van der Waals surface area contributed by atoms with Gasteiger partial charge < -0.3 is 25.4 Å². The normalized spacial score (nSPS) is 18.4. The van der Waals surface area contributed by atoms with Crippen LogP contribution in [0, 0.1) is 5.92 Å². The van der Waals surface area contributed by atoms with Crippen LogP contribution in [-0.2, 0) is 25.5 Å². The Morgan fingerprint density at radius 2 is 1.87 bits per heavy atom. The summed E-state index contributed by atoms with van der Waals surface area (Å²) in [5.41, 5.74) is 6.78. The number of aryl methyl sites for hydroxylation is 1. The molecule has 0 aromatic heterocycles. The number of nitrogens with two attached hydrogens (primary N) is 1. The average Bonchev–Trinajstić information content (AvgIpc) is 2.92. The number of likely N-dealkylation sites (N-methyl/N-ethyl adjacent to an activating group) is 1. The maximum Gasteiger partial charge on any atom is 0.326 e. The predicted molar refractivity (Wildman–Crippen MR) is 153 cm³/mol. The van der Waals surface area contributed by atoms with Gasteiger partial charge in [-0.2, -0.15) is 0 Å². The number of amides is 1. The summed E-state index contributed by atoms with van der Waals surface area (Å²) in [6.45, 7) is 10.9. The van der Waals surface area contributed by atoms with Crippen molar-refractivity contribution in [3.05, 3.63) is 35.9 Å². The van der Waals surface area contributed by atoms with E-state index in [1.807, 2.05) is 44.2 Å². The summed E-state index contributed by atoms with van der Waals surface area (Å²) < 4.78 is 5.37. The van der Waals surface area contributed by atoms with E-state index < -0.39 is 30.1 Å². The molecule has 1 fully saturated rings. The molecule has 0 saturated carbocycles. The molecule has 9 heteroatoms. The molecule has 1 amide bonds. The molecule has 1 saturated heterocycles. The molecule has 9 nitrogen and oxygen atoms in total. The highest BCUT2D eigenvalue weighted by Crippen LogP contribution is 2.24. The van der Waals surface area contributed by atoms with Crippen LogP contribution in [0.25, 0.3) is 0 Å². The molecule has 220 valence electrons. The number of carboxylic acids is 1. The number of nitrogens with zero attached hydrogens (tertiary/aromatic N) is 2. The molecule has 4 atom stereocenters. The van der Waals surface area contributed by atoms with Gasteiger partial charge in [-0.15, -0.1) is 0 Å². The first-order valence-electron chi connectivity index (χ1n) is 14.7. The smallest absolute Gasteiger partial charge is 0.326 e. The lowest BCUT2D eigenvalue weighted by molar-refractivity contribution is -0.156. The number of nitrogens with one attached hydrogen (secondary N) is 1. The van der Waals surface area contributed by atoms with Gasteiger partial charge in [0.15, 0.2) is 0 Å². The first-order chi connectivity index (χ1) is 18.7. The molecular formula is C30H50N4O5. The van der Waals surface area contributed by atoms with Crippen LogP contribution in [0.3, 0.4) is 0 Å². The summed E-state index contributed by atoms with van der Waals surface area (Å²) in [4.78, 5) is 43.8. The van der Waals surface area contributed by atoms with Crippen molar-refractivity contribution in [3.8, 4) is 0 Å². The molecule has 0 spiro atoms. The highest BCUT2D eigenvalue weighted by molar-refractivity contribution is 5.88. The highest BCUT2D eigenvalue weighted by Gasteiger charge is 2.41. The second-order valence-corrected chi connectivity index (χ2v) is 10.8. The van der Waals surface area contributed by atoms with E-state index in [1.165, 1.54) is 0 Å². The van der Waals surface area contributed by atoms with Crippen LogP contribution in [0.5, 0.6) is 0 Å². The molecular weight excluding hydrogens is 496 g/mol. The molecule has 1 heterocycles. The van der Waals surface area contributed by atoms with Gasteiger partial charge in [-0.05, 0) is 83.0 Å². The van der Waals surface area contributed by atoms with Crippen LogP contribution in [0.15, 0.2) is 30.3 Å². The number of benzene rings is 1. The Hall–Kier alpha value is -2.49. The zero-order valence-corrected chi connectivity index (χ0v) is 24.3. The summed E-state index contributed by atoms with van der Waals surface area (Å²) in [7, 11) is 0. The predicted octanol–water partition coefficient (Wildman–Crippen LogP) is 3.06. The molecule has 1 aromatic carbocycles. The minimum absolute atomic E-state index is 0.169. The molecule has 0 radical (unpaired) electrons. The largest absolute Gasteiger partial charge is 0.480 e. The zero-order chi connectivity index (χ0) is 28.8. The molecule has 1 aliphatic heterocycles. The number of hydrogen-bond acceptors (Lipinski definition) is 7. The van der Waals surface area contributed by atoms with Crippen molar-refractivity contribution >= 4 is 17.8 Å². The summed E-state index contributed by atoms with van der Waals surface area (Å²) in [5, 5.41) is 13.6. The van der Waals surface area contributed by atoms with Crippen LogP contribution in [0.1, 0.15) is 71.8 Å². The lowest BCUT2D eigenvalue weighted by atomic mass is 9.94. The molecule has 4 unspecified atom stereocenters. The van der Waals surface area contributed by atoms with Gasteiger partial charge >= 0.3 is 11.9 Å². The number of carbonyl (C=O) groups is 3. The van der Waals surface area contributed by atoms with E-state index in [2.05, 4.69) is 17.1 Å².